The minimum absolute atomic E-state index is 0. The maximum Gasteiger partial charge on any atom is 0.191 e. The van der Waals surface area contributed by atoms with Crippen LogP contribution in [0.4, 0.5) is 5.69 Å². The highest BCUT2D eigenvalue weighted by Gasteiger charge is 2.24. The second-order valence-corrected chi connectivity index (χ2v) is 6.65. The highest BCUT2D eigenvalue weighted by Crippen LogP contribution is 2.30. The van der Waals surface area contributed by atoms with Gasteiger partial charge in [0, 0.05) is 62.7 Å². The number of nitrogens with zero attached hydrogens (tertiary/aromatic N) is 2. The molecule has 3 N–H and O–H groups in total. The van der Waals surface area contributed by atoms with Gasteiger partial charge in [0.1, 0.15) is 11.5 Å². The molecule has 2 unspecified atom stereocenters. The Hall–Kier alpha value is -1.42. The van der Waals surface area contributed by atoms with Crippen molar-refractivity contribution in [2.45, 2.75) is 26.3 Å². The van der Waals surface area contributed by atoms with Gasteiger partial charge in [0.15, 0.2) is 5.96 Å². The summed E-state index contributed by atoms with van der Waals surface area (Å²) in [6, 6.07) is 6.27. The van der Waals surface area contributed by atoms with E-state index in [0.717, 1.165) is 49.2 Å². The van der Waals surface area contributed by atoms with Crippen molar-refractivity contribution < 1.29 is 14.6 Å². The molecule has 27 heavy (non-hydrogen) atoms. The van der Waals surface area contributed by atoms with Crippen LogP contribution < -0.4 is 25.0 Å². The smallest absolute Gasteiger partial charge is 0.191 e. The molecule has 1 aromatic rings. The number of aliphatic hydroxyl groups is 1. The molecule has 1 aliphatic rings. The molecule has 2 rings (SSSR count). The first kappa shape index (κ1) is 23.6. The van der Waals surface area contributed by atoms with Gasteiger partial charge in [-0.3, -0.25) is 4.99 Å². The molecule has 1 aromatic carbocycles. The minimum atomic E-state index is 0. The Bertz CT molecular complexity index is 578. The van der Waals surface area contributed by atoms with E-state index in [-0.39, 0.29) is 36.5 Å². The molecule has 0 saturated carbocycles. The predicted molar refractivity (Wildman–Crippen MR) is 121 cm³/mol. The summed E-state index contributed by atoms with van der Waals surface area (Å²) in [4.78, 5) is 6.90. The summed E-state index contributed by atoms with van der Waals surface area (Å²) in [6.45, 7) is 7.45. The fourth-order valence-corrected chi connectivity index (χ4v) is 2.91. The molecule has 1 fully saturated rings. The largest absolute Gasteiger partial charge is 0.497 e. The lowest BCUT2D eigenvalue weighted by atomic mass is 10.2. The molecular formula is C19H33IN4O3. The zero-order valence-electron chi connectivity index (χ0n) is 16.7. The summed E-state index contributed by atoms with van der Waals surface area (Å²) in [5.74, 6) is 2.56. The monoisotopic (exact) mass is 492 g/mol. The lowest BCUT2D eigenvalue weighted by Crippen LogP contribution is -2.44. The van der Waals surface area contributed by atoms with Gasteiger partial charge in [-0.2, -0.15) is 0 Å². The predicted octanol–water partition coefficient (Wildman–Crippen LogP) is 2.08. The third-order valence-electron chi connectivity index (χ3n) is 4.45. The van der Waals surface area contributed by atoms with Crippen LogP contribution in [0.2, 0.25) is 0 Å². The average Bonchev–Trinajstić information content (AvgIpc) is 3.14. The molecule has 1 saturated heterocycles. The average molecular weight is 492 g/mol. The van der Waals surface area contributed by atoms with E-state index in [1.54, 1.807) is 14.2 Å². The van der Waals surface area contributed by atoms with E-state index in [0.29, 0.717) is 12.6 Å². The fraction of sp³-hybridized carbons (Fsp3) is 0.632. The molecule has 0 bridgehead atoms. The number of halogens is 1. The molecule has 0 amide bonds. The van der Waals surface area contributed by atoms with Gasteiger partial charge in [-0.15, -0.1) is 24.0 Å². The van der Waals surface area contributed by atoms with E-state index in [4.69, 9.17) is 9.47 Å². The van der Waals surface area contributed by atoms with Crippen molar-refractivity contribution in [1.29, 1.82) is 0 Å². The quantitative estimate of drug-likeness (QED) is 0.293. The second-order valence-electron chi connectivity index (χ2n) is 6.65. The van der Waals surface area contributed by atoms with E-state index in [2.05, 4.69) is 27.4 Å². The van der Waals surface area contributed by atoms with Crippen molar-refractivity contribution in [3.05, 3.63) is 18.2 Å². The first-order chi connectivity index (χ1) is 12.6. The molecule has 0 spiro atoms. The Morgan fingerprint density at radius 3 is 2.52 bits per heavy atom. The van der Waals surface area contributed by atoms with E-state index in [1.165, 1.54) is 0 Å². The number of methoxy groups -OCH3 is 2. The van der Waals surface area contributed by atoms with Crippen molar-refractivity contribution in [3.63, 3.8) is 0 Å². The van der Waals surface area contributed by atoms with E-state index < -0.39 is 0 Å². The van der Waals surface area contributed by atoms with Gasteiger partial charge in [0.05, 0.1) is 14.2 Å². The third-order valence-corrected chi connectivity index (χ3v) is 4.45. The van der Waals surface area contributed by atoms with Gasteiger partial charge in [-0.1, -0.05) is 6.92 Å². The van der Waals surface area contributed by atoms with Crippen LogP contribution in [0.5, 0.6) is 11.5 Å². The molecule has 1 aliphatic heterocycles. The standard InChI is InChI=1S/C19H32N4O3.HI/c1-5-20-19(21-11-14(2)13-24)22-15-6-7-23(12-15)16-8-17(25-3)10-18(9-16)26-4;/h8-10,14-15,24H,5-7,11-13H2,1-4H3,(H2,20,21,22);1H. The summed E-state index contributed by atoms with van der Waals surface area (Å²) in [5.41, 5.74) is 1.10. The molecule has 0 radical (unpaired) electrons. The Morgan fingerprint density at radius 1 is 1.30 bits per heavy atom. The molecule has 2 atom stereocenters. The zero-order chi connectivity index (χ0) is 18.9. The van der Waals surface area contributed by atoms with Crippen molar-refractivity contribution in [2.75, 3.05) is 51.9 Å². The van der Waals surface area contributed by atoms with Crippen LogP contribution in [0.25, 0.3) is 0 Å². The number of hydrogen-bond donors (Lipinski definition) is 3. The molecule has 8 heteroatoms. The summed E-state index contributed by atoms with van der Waals surface area (Å²) < 4.78 is 10.7. The van der Waals surface area contributed by atoms with Gasteiger partial charge in [0.2, 0.25) is 0 Å². The number of benzene rings is 1. The van der Waals surface area contributed by atoms with Crippen LogP contribution in [-0.4, -0.2) is 64.1 Å². The van der Waals surface area contributed by atoms with Gasteiger partial charge in [0.25, 0.3) is 0 Å². The number of rotatable bonds is 8. The van der Waals surface area contributed by atoms with Crippen LogP contribution in [0, 0.1) is 5.92 Å². The van der Waals surface area contributed by atoms with E-state index in [9.17, 15) is 5.11 Å². The van der Waals surface area contributed by atoms with Crippen LogP contribution in [-0.2, 0) is 0 Å². The van der Waals surface area contributed by atoms with Crippen LogP contribution in [0.1, 0.15) is 20.3 Å². The second kappa shape index (κ2) is 12.1. The van der Waals surface area contributed by atoms with Crippen molar-refractivity contribution in [1.82, 2.24) is 10.6 Å². The Morgan fingerprint density at radius 2 is 1.96 bits per heavy atom. The Balaban J connectivity index is 0.00000364. The number of aliphatic imine (C=N–C) groups is 1. The SMILES string of the molecule is CCNC(=NCC(C)CO)NC1CCN(c2cc(OC)cc(OC)c2)C1.I. The number of anilines is 1. The minimum Gasteiger partial charge on any atom is -0.497 e. The lowest BCUT2D eigenvalue weighted by molar-refractivity contribution is 0.241. The van der Waals surface area contributed by atoms with Crippen LogP contribution in [0.15, 0.2) is 23.2 Å². The lowest BCUT2D eigenvalue weighted by Gasteiger charge is -2.21. The summed E-state index contributed by atoms with van der Waals surface area (Å²) in [7, 11) is 3.33. The first-order valence-electron chi connectivity index (χ1n) is 9.23. The summed E-state index contributed by atoms with van der Waals surface area (Å²) >= 11 is 0. The summed E-state index contributed by atoms with van der Waals surface area (Å²) in [6.07, 6.45) is 1.03. The maximum atomic E-state index is 9.17. The van der Waals surface area contributed by atoms with Gasteiger partial charge < -0.3 is 30.1 Å². The van der Waals surface area contributed by atoms with Crippen LogP contribution >= 0.6 is 24.0 Å². The highest BCUT2D eigenvalue weighted by molar-refractivity contribution is 14.0. The normalized spacial score (nSPS) is 17.9. The van der Waals surface area contributed by atoms with Crippen molar-refractivity contribution >= 4 is 35.6 Å². The number of aliphatic hydroxyl groups excluding tert-OH is 1. The Labute approximate surface area is 179 Å². The van der Waals surface area contributed by atoms with Gasteiger partial charge in [-0.25, -0.2) is 0 Å². The van der Waals surface area contributed by atoms with Gasteiger partial charge >= 0.3 is 0 Å². The van der Waals surface area contributed by atoms with Gasteiger partial charge in [-0.05, 0) is 19.3 Å². The fourth-order valence-electron chi connectivity index (χ4n) is 2.91. The zero-order valence-corrected chi connectivity index (χ0v) is 19.0. The summed E-state index contributed by atoms with van der Waals surface area (Å²) in [5, 5.41) is 16.0. The van der Waals surface area contributed by atoms with Crippen molar-refractivity contribution in [2.24, 2.45) is 10.9 Å². The number of guanidine groups is 1. The highest BCUT2D eigenvalue weighted by atomic mass is 127. The third kappa shape index (κ3) is 7.25. The van der Waals surface area contributed by atoms with Crippen LogP contribution in [0.3, 0.4) is 0 Å². The topological polar surface area (TPSA) is 78.4 Å². The molecule has 0 aliphatic carbocycles. The number of hydrogen-bond acceptors (Lipinski definition) is 5. The Kier molecular flexibility index (Phi) is 10.6. The molecular weight excluding hydrogens is 459 g/mol. The molecule has 0 aromatic heterocycles. The number of nitrogens with one attached hydrogen (secondary N) is 2. The number of ether oxygens (including phenoxy) is 2. The molecule has 1 heterocycles. The van der Waals surface area contributed by atoms with E-state index >= 15 is 0 Å². The molecule has 7 nitrogen and oxygen atoms in total. The first-order valence-corrected chi connectivity index (χ1v) is 9.23. The van der Waals surface area contributed by atoms with E-state index in [1.807, 2.05) is 25.1 Å². The maximum absolute atomic E-state index is 9.17. The molecule has 154 valence electrons. The van der Waals surface area contributed by atoms with Crippen molar-refractivity contribution in [3.8, 4) is 11.5 Å².